The maximum Gasteiger partial charge on any atom is 0.273 e. The Morgan fingerprint density at radius 1 is 1.28 bits per heavy atom. The Labute approximate surface area is 173 Å². The number of hydrogen-bond donors (Lipinski definition) is 2. The fourth-order valence-electron chi connectivity index (χ4n) is 4.13. The zero-order chi connectivity index (χ0) is 20.5. The van der Waals surface area contributed by atoms with Gasteiger partial charge in [-0.3, -0.25) is 14.6 Å². The van der Waals surface area contributed by atoms with E-state index >= 15 is 0 Å². The number of β-amino-alcohol motifs (C(OH)–C–C–N with tert-alkyl or cyclic N) is 1. The van der Waals surface area contributed by atoms with E-state index in [1.165, 1.54) is 38.4 Å². The number of amides is 1. The average Bonchev–Trinajstić information content (AvgIpc) is 3.21. The molecule has 0 spiro atoms. The Balaban J connectivity index is 1.36. The number of carbonyl (C=O) groups is 1. The monoisotopic (exact) mass is 408 g/mol. The van der Waals surface area contributed by atoms with Crippen LogP contribution in [0.2, 0.25) is 0 Å². The van der Waals surface area contributed by atoms with Crippen molar-refractivity contribution < 1.29 is 19.1 Å². The predicted molar refractivity (Wildman–Crippen MR) is 110 cm³/mol. The van der Waals surface area contributed by atoms with Gasteiger partial charge in [0.25, 0.3) is 5.91 Å². The highest BCUT2D eigenvalue weighted by Gasteiger charge is 2.22. The SMILES string of the molecule is CCOC[C@@H](O)CN1CCN(Cc2nc(C(=O)NCC3CCCCC3)co2)CC1. The normalized spacial score (nSPS) is 20.6. The van der Waals surface area contributed by atoms with E-state index < -0.39 is 6.10 Å². The first kappa shape index (κ1) is 22.2. The fraction of sp³-hybridized carbons (Fsp3) is 0.810. The molecular weight excluding hydrogens is 372 g/mol. The lowest BCUT2D eigenvalue weighted by Crippen LogP contribution is -2.48. The molecule has 2 fully saturated rings. The minimum atomic E-state index is -0.442. The summed E-state index contributed by atoms with van der Waals surface area (Å²) < 4.78 is 10.8. The number of piperazine rings is 1. The van der Waals surface area contributed by atoms with E-state index in [9.17, 15) is 9.90 Å². The maximum atomic E-state index is 12.3. The number of nitrogens with zero attached hydrogens (tertiary/aromatic N) is 3. The summed E-state index contributed by atoms with van der Waals surface area (Å²) in [6, 6.07) is 0. The first-order chi connectivity index (χ1) is 14.1. The molecule has 1 aliphatic carbocycles. The Bertz CT molecular complexity index is 610. The summed E-state index contributed by atoms with van der Waals surface area (Å²) in [5, 5.41) is 13.0. The maximum absolute atomic E-state index is 12.3. The van der Waals surface area contributed by atoms with Crippen LogP contribution in [0.5, 0.6) is 0 Å². The van der Waals surface area contributed by atoms with Gasteiger partial charge in [0.05, 0.1) is 19.3 Å². The number of rotatable bonds is 10. The van der Waals surface area contributed by atoms with E-state index in [0.717, 1.165) is 32.7 Å². The molecule has 1 aliphatic heterocycles. The second-order valence-electron chi connectivity index (χ2n) is 8.23. The van der Waals surface area contributed by atoms with Crippen LogP contribution >= 0.6 is 0 Å². The minimum Gasteiger partial charge on any atom is -0.447 e. The third-order valence-corrected chi connectivity index (χ3v) is 5.87. The van der Waals surface area contributed by atoms with Crippen LogP contribution in [0.15, 0.2) is 10.7 Å². The predicted octanol–water partition coefficient (Wildman–Crippen LogP) is 1.50. The van der Waals surface area contributed by atoms with E-state index in [4.69, 9.17) is 9.15 Å². The van der Waals surface area contributed by atoms with E-state index in [2.05, 4.69) is 20.1 Å². The van der Waals surface area contributed by atoms with Gasteiger partial charge in [0.1, 0.15) is 6.26 Å². The molecule has 1 atom stereocenters. The molecule has 2 N–H and O–H groups in total. The lowest BCUT2D eigenvalue weighted by Gasteiger charge is -2.34. The van der Waals surface area contributed by atoms with Crippen LogP contribution in [-0.2, 0) is 11.3 Å². The van der Waals surface area contributed by atoms with Crippen LogP contribution in [-0.4, -0.2) is 84.4 Å². The lowest BCUT2D eigenvalue weighted by atomic mass is 9.89. The third-order valence-electron chi connectivity index (χ3n) is 5.87. The second kappa shape index (κ2) is 11.6. The van der Waals surface area contributed by atoms with E-state index in [-0.39, 0.29) is 5.91 Å². The lowest BCUT2D eigenvalue weighted by molar-refractivity contribution is 0.00949. The summed E-state index contributed by atoms with van der Waals surface area (Å²) in [6.45, 7) is 8.46. The highest BCUT2D eigenvalue weighted by Crippen LogP contribution is 2.22. The van der Waals surface area contributed by atoms with Gasteiger partial charge >= 0.3 is 0 Å². The average molecular weight is 409 g/mol. The van der Waals surface area contributed by atoms with Gasteiger partial charge in [0, 0.05) is 45.9 Å². The van der Waals surface area contributed by atoms with E-state index in [0.29, 0.717) is 43.8 Å². The molecule has 1 amide bonds. The smallest absolute Gasteiger partial charge is 0.273 e. The summed E-state index contributed by atoms with van der Waals surface area (Å²) in [6.07, 6.45) is 7.30. The van der Waals surface area contributed by atoms with Gasteiger partial charge in [-0.05, 0) is 25.7 Å². The molecule has 29 heavy (non-hydrogen) atoms. The molecule has 1 aromatic rings. The van der Waals surface area contributed by atoms with Crippen LogP contribution in [0, 0.1) is 5.92 Å². The number of oxazole rings is 1. The Hall–Kier alpha value is -1.48. The molecule has 8 heteroatoms. The van der Waals surface area contributed by atoms with Gasteiger partial charge < -0.3 is 19.6 Å². The van der Waals surface area contributed by atoms with Crippen LogP contribution < -0.4 is 5.32 Å². The number of hydrogen-bond acceptors (Lipinski definition) is 7. The number of carbonyl (C=O) groups excluding carboxylic acids is 1. The van der Waals surface area contributed by atoms with Crippen molar-refractivity contribution in [3.8, 4) is 0 Å². The molecule has 2 aliphatic rings. The molecule has 0 aromatic carbocycles. The molecule has 0 unspecified atom stereocenters. The van der Waals surface area contributed by atoms with Crippen molar-refractivity contribution in [1.29, 1.82) is 0 Å². The number of ether oxygens (including phenoxy) is 1. The third kappa shape index (κ3) is 7.37. The highest BCUT2D eigenvalue weighted by atomic mass is 16.5. The van der Waals surface area contributed by atoms with Crippen LogP contribution in [0.4, 0.5) is 0 Å². The van der Waals surface area contributed by atoms with E-state index in [1.807, 2.05) is 6.92 Å². The van der Waals surface area contributed by atoms with Gasteiger partial charge in [-0.15, -0.1) is 0 Å². The van der Waals surface area contributed by atoms with E-state index in [1.54, 1.807) is 0 Å². The molecule has 1 aromatic heterocycles. The summed E-state index contributed by atoms with van der Waals surface area (Å²) in [7, 11) is 0. The molecule has 0 bridgehead atoms. The first-order valence-electron chi connectivity index (χ1n) is 11.1. The number of aliphatic hydroxyl groups is 1. The van der Waals surface area contributed by atoms with Gasteiger partial charge in [0.15, 0.2) is 5.69 Å². The standard InChI is InChI=1S/C21H36N4O4/c1-2-28-15-18(26)13-24-8-10-25(11-9-24)14-20-23-19(16-29-20)21(27)22-12-17-6-4-3-5-7-17/h16-18,26H,2-15H2,1H3,(H,22,27)/t18-/m0/s1. The van der Waals surface area contributed by atoms with Crippen molar-refractivity contribution in [3.63, 3.8) is 0 Å². The summed E-state index contributed by atoms with van der Waals surface area (Å²) >= 11 is 0. The summed E-state index contributed by atoms with van der Waals surface area (Å²) in [4.78, 5) is 21.2. The van der Waals surface area contributed by atoms with Crippen LogP contribution in [0.3, 0.4) is 0 Å². The largest absolute Gasteiger partial charge is 0.447 e. The minimum absolute atomic E-state index is 0.140. The number of nitrogens with one attached hydrogen (secondary N) is 1. The van der Waals surface area contributed by atoms with Crippen molar-refractivity contribution in [2.75, 3.05) is 52.5 Å². The van der Waals surface area contributed by atoms with Crippen molar-refractivity contribution in [2.24, 2.45) is 5.92 Å². The molecule has 1 saturated carbocycles. The molecule has 2 heterocycles. The Morgan fingerprint density at radius 2 is 2.00 bits per heavy atom. The van der Waals surface area contributed by atoms with Crippen molar-refractivity contribution in [3.05, 3.63) is 17.8 Å². The molecule has 1 saturated heterocycles. The number of aliphatic hydroxyl groups excluding tert-OH is 1. The molecule has 3 rings (SSSR count). The van der Waals surface area contributed by atoms with Crippen LogP contribution in [0.1, 0.15) is 55.4 Å². The zero-order valence-corrected chi connectivity index (χ0v) is 17.6. The second-order valence-corrected chi connectivity index (χ2v) is 8.23. The topological polar surface area (TPSA) is 91.1 Å². The molecule has 0 radical (unpaired) electrons. The molecule has 164 valence electrons. The van der Waals surface area contributed by atoms with Gasteiger partial charge in [0.2, 0.25) is 5.89 Å². The van der Waals surface area contributed by atoms with Crippen molar-refractivity contribution >= 4 is 5.91 Å². The summed E-state index contributed by atoms with van der Waals surface area (Å²) in [5.41, 5.74) is 0.369. The van der Waals surface area contributed by atoms with Crippen LogP contribution in [0.25, 0.3) is 0 Å². The molecule has 8 nitrogen and oxygen atoms in total. The zero-order valence-electron chi connectivity index (χ0n) is 17.6. The Morgan fingerprint density at radius 3 is 2.72 bits per heavy atom. The first-order valence-corrected chi connectivity index (χ1v) is 11.1. The fourth-order valence-corrected chi connectivity index (χ4v) is 4.13. The van der Waals surface area contributed by atoms with Gasteiger partial charge in [-0.25, -0.2) is 4.98 Å². The highest BCUT2D eigenvalue weighted by molar-refractivity contribution is 5.91. The summed E-state index contributed by atoms with van der Waals surface area (Å²) in [5.74, 6) is 1.04. The van der Waals surface area contributed by atoms with Crippen molar-refractivity contribution in [2.45, 2.75) is 51.7 Å². The van der Waals surface area contributed by atoms with Gasteiger partial charge in [-0.1, -0.05) is 19.3 Å². The molecular formula is C21H36N4O4. The quantitative estimate of drug-likeness (QED) is 0.606. The van der Waals surface area contributed by atoms with Crippen molar-refractivity contribution in [1.82, 2.24) is 20.1 Å². The van der Waals surface area contributed by atoms with Gasteiger partial charge in [-0.2, -0.15) is 0 Å². The Kier molecular flexibility index (Phi) is 8.92. The number of aromatic nitrogens is 1.